The highest BCUT2D eigenvalue weighted by atomic mass is 31.2. The van der Waals surface area contributed by atoms with Crippen LogP contribution < -0.4 is 0 Å². The summed E-state index contributed by atoms with van der Waals surface area (Å²) in [6, 6.07) is 0. The summed E-state index contributed by atoms with van der Waals surface area (Å²) >= 11 is 0. The topological polar surface area (TPSA) is 77.4 Å². The van der Waals surface area contributed by atoms with E-state index in [0.29, 0.717) is 32.7 Å². The van der Waals surface area contributed by atoms with Gasteiger partial charge in [-0.2, -0.15) is 0 Å². The Morgan fingerprint density at radius 1 is 0.806 bits per heavy atom. The molecule has 176 valence electrons. The first-order valence-electron chi connectivity index (χ1n) is 11.9. The van der Waals surface area contributed by atoms with Crippen LogP contribution in [-0.2, 0) is 18.7 Å². The minimum atomic E-state index is -2.55. The molecule has 31 heavy (non-hydrogen) atoms. The van der Waals surface area contributed by atoms with Crippen molar-refractivity contribution >= 4 is 8.60 Å². The standard InChI is InChI=1S/C24H39O6P/c1-2-3-4-5-6-7-8-9-10-11-12-13-14-15-22(16-19-27-22)23(17-20-28-23)24(18-21-29-24)30-31(25)26/h10-15,25-26H,2-9,16-21H2,1H3. The van der Waals surface area contributed by atoms with Crippen molar-refractivity contribution in [2.45, 2.75) is 94.5 Å². The molecule has 3 unspecified atom stereocenters. The van der Waals surface area contributed by atoms with E-state index in [1.165, 1.54) is 44.9 Å². The Kier molecular flexibility index (Phi) is 9.72. The van der Waals surface area contributed by atoms with Crippen LogP contribution in [0.4, 0.5) is 0 Å². The average Bonchev–Trinajstić information content (AvgIpc) is 2.65. The molecule has 3 aliphatic heterocycles. The number of ether oxygens (including phenoxy) is 3. The van der Waals surface area contributed by atoms with Crippen molar-refractivity contribution in [3.8, 4) is 0 Å². The quantitative estimate of drug-likeness (QED) is 0.194. The largest absolute Gasteiger partial charge is 0.367 e. The van der Waals surface area contributed by atoms with Gasteiger partial charge in [-0.05, 0) is 18.9 Å². The van der Waals surface area contributed by atoms with Crippen LogP contribution in [0.5, 0.6) is 0 Å². The van der Waals surface area contributed by atoms with Gasteiger partial charge < -0.3 is 24.0 Å². The summed E-state index contributed by atoms with van der Waals surface area (Å²) in [4.78, 5) is 19.0. The van der Waals surface area contributed by atoms with Crippen LogP contribution in [0.1, 0.15) is 77.6 Å². The lowest BCUT2D eigenvalue weighted by Gasteiger charge is -2.66. The predicted molar refractivity (Wildman–Crippen MR) is 122 cm³/mol. The third kappa shape index (κ3) is 5.67. The Morgan fingerprint density at radius 3 is 1.94 bits per heavy atom. The molecule has 0 spiro atoms. The maximum Gasteiger partial charge on any atom is 0.329 e. The second kappa shape index (κ2) is 12.0. The summed E-state index contributed by atoms with van der Waals surface area (Å²) in [5, 5.41) is 0. The minimum Gasteiger partial charge on any atom is -0.367 e. The Balaban J connectivity index is 1.47. The second-order valence-electron chi connectivity index (χ2n) is 8.69. The third-order valence-corrected chi connectivity index (χ3v) is 7.20. The molecule has 6 nitrogen and oxygen atoms in total. The molecule has 3 heterocycles. The Morgan fingerprint density at radius 2 is 1.42 bits per heavy atom. The van der Waals surface area contributed by atoms with Gasteiger partial charge in [-0.25, -0.2) is 0 Å². The van der Waals surface area contributed by atoms with E-state index in [-0.39, 0.29) is 0 Å². The maximum atomic E-state index is 9.48. The van der Waals surface area contributed by atoms with E-state index in [0.717, 1.165) is 12.8 Å². The summed E-state index contributed by atoms with van der Waals surface area (Å²) in [7, 11) is -2.55. The van der Waals surface area contributed by atoms with E-state index >= 15 is 0 Å². The fourth-order valence-corrected chi connectivity index (χ4v) is 5.34. The summed E-state index contributed by atoms with van der Waals surface area (Å²) in [6.45, 7) is 3.99. The van der Waals surface area contributed by atoms with Gasteiger partial charge in [-0.15, -0.1) is 0 Å². The molecule has 0 aromatic rings. The van der Waals surface area contributed by atoms with Crippen molar-refractivity contribution in [3.05, 3.63) is 36.5 Å². The monoisotopic (exact) mass is 454 g/mol. The smallest absolute Gasteiger partial charge is 0.329 e. The molecule has 3 rings (SSSR count). The van der Waals surface area contributed by atoms with E-state index in [9.17, 15) is 9.79 Å². The molecular formula is C24H39O6P. The molecule has 3 saturated heterocycles. The van der Waals surface area contributed by atoms with Crippen molar-refractivity contribution in [2.75, 3.05) is 19.8 Å². The molecule has 0 aromatic carbocycles. The predicted octanol–water partition coefficient (Wildman–Crippen LogP) is 5.46. The average molecular weight is 455 g/mol. The molecule has 0 bridgehead atoms. The van der Waals surface area contributed by atoms with Gasteiger partial charge in [0, 0.05) is 19.3 Å². The van der Waals surface area contributed by atoms with Crippen LogP contribution in [-0.4, -0.2) is 46.6 Å². The van der Waals surface area contributed by atoms with Crippen LogP contribution in [0.2, 0.25) is 0 Å². The highest BCUT2D eigenvalue weighted by Gasteiger charge is 2.74. The summed E-state index contributed by atoms with van der Waals surface area (Å²) in [5.41, 5.74) is -1.50. The molecule has 0 saturated carbocycles. The fourth-order valence-electron chi connectivity index (χ4n) is 4.79. The van der Waals surface area contributed by atoms with Crippen molar-refractivity contribution in [3.63, 3.8) is 0 Å². The van der Waals surface area contributed by atoms with Gasteiger partial charge in [-0.3, -0.25) is 4.52 Å². The lowest BCUT2D eigenvalue weighted by atomic mass is 9.65. The highest BCUT2D eigenvalue weighted by molar-refractivity contribution is 7.39. The lowest BCUT2D eigenvalue weighted by Crippen LogP contribution is -2.80. The minimum absolute atomic E-state index is 0.511. The SMILES string of the molecule is CCCCCCCCCC=CC=CC=CC1(C2(C3(OP(O)O)CCO3)CCO2)CCO1. The molecule has 0 amide bonds. The lowest BCUT2D eigenvalue weighted by molar-refractivity contribution is -0.435. The Hall–Kier alpha value is -0.590. The Bertz CT molecular complexity index is 618. The van der Waals surface area contributed by atoms with Crippen molar-refractivity contribution in [1.29, 1.82) is 0 Å². The summed E-state index contributed by atoms with van der Waals surface area (Å²) in [5.74, 6) is -1.15. The molecular weight excluding hydrogens is 415 g/mol. The summed E-state index contributed by atoms with van der Waals surface area (Å²) < 4.78 is 23.2. The first kappa shape index (κ1) is 25.0. The van der Waals surface area contributed by atoms with Crippen molar-refractivity contribution in [1.82, 2.24) is 0 Å². The molecule has 7 heteroatoms. The molecule has 3 atom stereocenters. The fraction of sp³-hybridized carbons (Fsp3) is 0.750. The first-order chi connectivity index (χ1) is 15.1. The first-order valence-corrected chi connectivity index (χ1v) is 13.1. The molecule has 2 N–H and O–H groups in total. The number of hydrogen-bond donors (Lipinski definition) is 2. The van der Waals surface area contributed by atoms with Crippen LogP contribution in [0.15, 0.2) is 36.5 Å². The van der Waals surface area contributed by atoms with Gasteiger partial charge in [-0.1, -0.05) is 75.8 Å². The molecule has 0 aromatic heterocycles. The zero-order valence-corrected chi connectivity index (χ0v) is 19.7. The number of hydrogen-bond acceptors (Lipinski definition) is 6. The highest BCUT2D eigenvalue weighted by Crippen LogP contribution is 2.60. The van der Waals surface area contributed by atoms with Crippen LogP contribution >= 0.6 is 8.60 Å². The van der Waals surface area contributed by atoms with Crippen molar-refractivity contribution in [2.24, 2.45) is 0 Å². The molecule has 0 aliphatic carbocycles. The van der Waals surface area contributed by atoms with E-state index in [1.54, 1.807) is 0 Å². The van der Waals surface area contributed by atoms with Gasteiger partial charge in [0.2, 0.25) is 5.79 Å². The molecule has 3 fully saturated rings. The Labute approximate surface area is 188 Å². The normalized spacial score (nSPS) is 33.3. The van der Waals surface area contributed by atoms with Crippen LogP contribution in [0.3, 0.4) is 0 Å². The van der Waals surface area contributed by atoms with Gasteiger partial charge in [0.05, 0.1) is 19.8 Å². The number of unbranched alkanes of at least 4 members (excludes halogenated alkanes) is 7. The van der Waals surface area contributed by atoms with E-state index in [4.69, 9.17) is 18.7 Å². The molecule has 3 aliphatic rings. The molecule has 0 radical (unpaired) electrons. The number of rotatable bonds is 15. The van der Waals surface area contributed by atoms with Gasteiger partial charge >= 0.3 is 8.60 Å². The maximum absolute atomic E-state index is 9.48. The summed E-state index contributed by atoms with van der Waals surface area (Å²) in [6.07, 6.45) is 24.8. The zero-order valence-electron chi connectivity index (χ0n) is 18.8. The second-order valence-corrected chi connectivity index (χ2v) is 9.38. The van der Waals surface area contributed by atoms with Gasteiger partial charge in [0.25, 0.3) is 0 Å². The van der Waals surface area contributed by atoms with Gasteiger partial charge in [0.15, 0.2) is 5.60 Å². The van der Waals surface area contributed by atoms with Gasteiger partial charge in [0.1, 0.15) is 5.60 Å². The van der Waals surface area contributed by atoms with Crippen molar-refractivity contribution < 1.29 is 28.5 Å². The van der Waals surface area contributed by atoms with E-state index in [1.807, 2.05) is 24.3 Å². The third-order valence-electron chi connectivity index (χ3n) is 6.74. The van der Waals surface area contributed by atoms with Crippen LogP contribution in [0, 0.1) is 0 Å². The number of allylic oxidation sites excluding steroid dienone is 5. The van der Waals surface area contributed by atoms with E-state index < -0.39 is 25.6 Å². The van der Waals surface area contributed by atoms with Crippen LogP contribution in [0.25, 0.3) is 0 Å². The van der Waals surface area contributed by atoms with E-state index in [2.05, 4.69) is 19.1 Å². The zero-order chi connectivity index (χ0) is 22.0.